The summed E-state index contributed by atoms with van der Waals surface area (Å²) in [5.74, 6) is 0.697. The van der Waals surface area contributed by atoms with E-state index in [1.807, 2.05) is 50.4 Å². The van der Waals surface area contributed by atoms with E-state index in [1.54, 1.807) is 6.20 Å². The summed E-state index contributed by atoms with van der Waals surface area (Å²) in [5, 5.41) is 3.45. The van der Waals surface area contributed by atoms with Crippen molar-refractivity contribution >= 4 is 0 Å². The van der Waals surface area contributed by atoms with Crippen LogP contribution >= 0.6 is 0 Å². The molecule has 0 bridgehead atoms. The number of rotatable bonds is 6. The van der Waals surface area contributed by atoms with Crippen LogP contribution in [0.1, 0.15) is 38.1 Å². The first-order valence-corrected chi connectivity index (χ1v) is 6.91. The Morgan fingerprint density at radius 3 is 2.55 bits per heavy atom. The van der Waals surface area contributed by atoms with Gasteiger partial charge in [-0.15, -0.1) is 0 Å². The number of ether oxygens (including phenoxy) is 1. The van der Waals surface area contributed by atoms with E-state index in [0.29, 0.717) is 12.4 Å². The Hall–Kier alpha value is -1.94. The predicted octanol–water partition coefficient (Wildman–Crippen LogP) is 3.11. The molecule has 1 N–H and O–H groups in total. The van der Waals surface area contributed by atoms with Crippen molar-refractivity contribution in [2.45, 2.75) is 39.5 Å². The molecule has 1 atom stereocenters. The van der Waals surface area contributed by atoms with E-state index in [4.69, 9.17) is 4.74 Å². The molecular weight excluding hydrogens is 250 g/mol. The third-order valence-corrected chi connectivity index (χ3v) is 2.93. The zero-order valence-corrected chi connectivity index (χ0v) is 12.2. The normalized spacial score (nSPS) is 12.4. The maximum Gasteiger partial charge on any atom is 0.218 e. The van der Waals surface area contributed by atoms with Crippen LogP contribution in [-0.2, 0) is 6.54 Å². The van der Waals surface area contributed by atoms with Crippen molar-refractivity contribution in [3.63, 3.8) is 0 Å². The molecule has 20 heavy (non-hydrogen) atoms. The lowest BCUT2D eigenvalue weighted by Crippen LogP contribution is -2.20. The quantitative estimate of drug-likeness (QED) is 0.877. The number of hydrogen-bond acceptors (Lipinski definition) is 4. The van der Waals surface area contributed by atoms with Gasteiger partial charge < -0.3 is 10.1 Å². The third-order valence-electron chi connectivity index (χ3n) is 2.93. The lowest BCUT2D eigenvalue weighted by molar-refractivity contribution is 0.229. The average Bonchev–Trinajstić information content (AvgIpc) is 2.46. The van der Waals surface area contributed by atoms with E-state index in [1.165, 1.54) is 0 Å². The Morgan fingerprint density at radius 2 is 1.85 bits per heavy atom. The van der Waals surface area contributed by atoms with Crippen molar-refractivity contribution in [2.24, 2.45) is 0 Å². The van der Waals surface area contributed by atoms with Crippen LogP contribution in [0.3, 0.4) is 0 Å². The number of pyridine rings is 2. The molecule has 0 aliphatic heterocycles. The van der Waals surface area contributed by atoms with E-state index in [0.717, 1.165) is 11.3 Å². The van der Waals surface area contributed by atoms with Gasteiger partial charge in [0, 0.05) is 30.5 Å². The third kappa shape index (κ3) is 4.03. The summed E-state index contributed by atoms with van der Waals surface area (Å²) < 4.78 is 5.72. The highest BCUT2D eigenvalue weighted by Gasteiger charge is 2.09. The molecule has 0 spiro atoms. The Balaban J connectivity index is 2.00. The van der Waals surface area contributed by atoms with E-state index >= 15 is 0 Å². The minimum absolute atomic E-state index is 0.122. The van der Waals surface area contributed by atoms with Crippen LogP contribution in [0.4, 0.5) is 0 Å². The molecule has 2 heterocycles. The molecule has 2 aromatic rings. The Labute approximate surface area is 120 Å². The smallest absolute Gasteiger partial charge is 0.218 e. The molecular formula is C16H21N3O. The highest BCUT2D eigenvalue weighted by Crippen LogP contribution is 2.17. The zero-order chi connectivity index (χ0) is 14.4. The predicted molar refractivity (Wildman–Crippen MR) is 79.5 cm³/mol. The molecule has 2 aromatic heterocycles. The minimum Gasteiger partial charge on any atom is -0.475 e. The van der Waals surface area contributed by atoms with Gasteiger partial charge in [0.05, 0.1) is 11.8 Å². The van der Waals surface area contributed by atoms with Crippen molar-refractivity contribution < 1.29 is 4.74 Å². The summed E-state index contributed by atoms with van der Waals surface area (Å²) in [4.78, 5) is 8.64. The van der Waals surface area contributed by atoms with Gasteiger partial charge in [-0.2, -0.15) is 0 Å². The van der Waals surface area contributed by atoms with Crippen molar-refractivity contribution in [3.8, 4) is 5.88 Å². The molecule has 0 saturated carbocycles. The van der Waals surface area contributed by atoms with Gasteiger partial charge in [0.1, 0.15) is 0 Å². The van der Waals surface area contributed by atoms with Gasteiger partial charge in [0.15, 0.2) is 0 Å². The van der Waals surface area contributed by atoms with E-state index in [2.05, 4.69) is 22.2 Å². The molecule has 4 nitrogen and oxygen atoms in total. The Kier molecular flexibility index (Phi) is 5.07. The monoisotopic (exact) mass is 271 g/mol. The highest BCUT2D eigenvalue weighted by molar-refractivity contribution is 5.25. The first kappa shape index (κ1) is 14.5. The van der Waals surface area contributed by atoms with Crippen LogP contribution in [0.25, 0.3) is 0 Å². The zero-order valence-electron chi connectivity index (χ0n) is 12.2. The van der Waals surface area contributed by atoms with Crippen molar-refractivity contribution in [2.75, 3.05) is 0 Å². The fraction of sp³-hybridized carbons (Fsp3) is 0.375. The summed E-state index contributed by atoms with van der Waals surface area (Å²) in [6, 6.07) is 10.1. The number of hydrogen-bond donors (Lipinski definition) is 1. The van der Waals surface area contributed by atoms with Crippen LogP contribution in [0.15, 0.2) is 42.7 Å². The molecule has 2 rings (SSSR count). The summed E-state index contributed by atoms with van der Waals surface area (Å²) in [7, 11) is 0. The van der Waals surface area contributed by atoms with Gasteiger partial charge in [0.25, 0.3) is 0 Å². The van der Waals surface area contributed by atoms with Gasteiger partial charge in [-0.1, -0.05) is 12.1 Å². The van der Waals surface area contributed by atoms with Crippen LogP contribution < -0.4 is 10.1 Å². The lowest BCUT2D eigenvalue weighted by Gasteiger charge is -2.16. The number of nitrogens with one attached hydrogen (secondary N) is 1. The van der Waals surface area contributed by atoms with Gasteiger partial charge in [-0.3, -0.25) is 4.98 Å². The fourth-order valence-corrected chi connectivity index (χ4v) is 1.89. The molecule has 0 saturated heterocycles. The second-order valence-electron chi connectivity index (χ2n) is 4.99. The molecule has 0 radical (unpaired) electrons. The van der Waals surface area contributed by atoms with E-state index < -0.39 is 0 Å². The topological polar surface area (TPSA) is 47.0 Å². The van der Waals surface area contributed by atoms with Crippen molar-refractivity contribution in [3.05, 3.63) is 54.0 Å². The number of aromatic nitrogens is 2. The van der Waals surface area contributed by atoms with Gasteiger partial charge in [-0.25, -0.2) is 4.98 Å². The summed E-state index contributed by atoms with van der Waals surface area (Å²) in [6.45, 7) is 6.81. The molecule has 1 unspecified atom stereocenters. The van der Waals surface area contributed by atoms with Crippen molar-refractivity contribution in [1.29, 1.82) is 0 Å². The molecule has 4 heteroatoms. The van der Waals surface area contributed by atoms with Gasteiger partial charge in [-0.05, 0) is 39.0 Å². The first-order valence-electron chi connectivity index (χ1n) is 6.91. The van der Waals surface area contributed by atoms with Gasteiger partial charge in [0.2, 0.25) is 5.88 Å². The Morgan fingerprint density at radius 1 is 1.05 bits per heavy atom. The van der Waals surface area contributed by atoms with E-state index in [9.17, 15) is 0 Å². The summed E-state index contributed by atoms with van der Waals surface area (Å²) in [5.41, 5.74) is 2.09. The van der Waals surface area contributed by atoms with E-state index in [-0.39, 0.29) is 12.1 Å². The van der Waals surface area contributed by atoms with Crippen molar-refractivity contribution in [1.82, 2.24) is 15.3 Å². The maximum atomic E-state index is 5.72. The molecule has 0 fully saturated rings. The second-order valence-corrected chi connectivity index (χ2v) is 4.99. The van der Waals surface area contributed by atoms with Gasteiger partial charge >= 0.3 is 0 Å². The largest absolute Gasteiger partial charge is 0.475 e. The first-order chi connectivity index (χ1) is 9.66. The Bertz CT molecular complexity index is 528. The lowest BCUT2D eigenvalue weighted by atomic mass is 10.2. The average molecular weight is 271 g/mol. The summed E-state index contributed by atoms with van der Waals surface area (Å²) >= 11 is 0. The SMILES string of the molecule is CC(C)Oc1ncccc1CNC(C)c1ccccn1. The molecule has 0 aromatic carbocycles. The van der Waals surface area contributed by atoms with Crippen LogP contribution in [0.5, 0.6) is 5.88 Å². The molecule has 0 aliphatic carbocycles. The minimum atomic E-state index is 0.122. The fourth-order valence-electron chi connectivity index (χ4n) is 1.89. The van der Waals surface area contributed by atoms with Crippen LogP contribution in [0.2, 0.25) is 0 Å². The standard InChI is InChI=1S/C16H21N3O/c1-12(2)20-16-14(7-6-10-18-16)11-19-13(3)15-8-4-5-9-17-15/h4-10,12-13,19H,11H2,1-3H3. The number of nitrogens with zero attached hydrogens (tertiary/aromatic N) is 2. The highest BCUT2D eigenvalue weighted by atomic mass is 16.5. The molecule has 0 amide bonds. The van der Waals surface area contributed by atoms with Crippen LogP contribution in [-0.4, -0.2) is 16.1 Å². The molecule has 106 valence electrons. The summed E-state index contributed by atoms with van der Waals surface area (Å²) in [6.07, 6.45) is 3.69. The maximum absolute atomic E-state index is 5.72. The molecule has 0 aliphatic rings. The second kappa shape index (κ2) is 7.01. The van der Waals surface area contributed by atoms with Crippen LogP contribution in [0, 0.1) is 0 Å².